The highest BCUT2D eigenvalue weighted by atomic mass is 14.9. The number of imidazole rings is 1. The van der Waals surface area contributed by atoms with Crippen LogP contribution in [0.3, 0.4) is 0 Å². The van der Waals surface area contributed by atoms with Crippen molar-refractivity contribution in [3.8, 4) is 0 Å². The smallest absolute Gasteiger partial charge is 0.110 e. The van der Waals surface area contributed by atoms with Crippen LogP contribution in [0.1, 0.15) is 32.5 Å². The lowest BCUT2D eigenvalue weighted by Gasteiger charge is -2.11. The molecule has 0 saturated heterocycles. The topological polar surface area (TPSA) is 41.6 Å². The van der Waals surface area contributed by atoms with Gasteiger partial charge in [-0.3, -0.25) is 4.98 Å². The number of hydrogen-bond acceptors (Lipinski definition) is 2. The van der Waals surface area contributed by atoms with Gasteiger partial charge in [0, 0.05) is 12.1 Å². The Morgan fingerprint density at radius 2 is 2.07 bits per heavy atom. The highest BCUT2D eigenvalue weighted by molar-refractivity contribution is 5.73. The lowest BCUT2D eigenvalue weighted by atomic mass is 9.98. The Morgan fingerprint density at radius 1 is 1.29 bits per heavy atom. The number of nitrogens with zero attached hydrogens (tertiary/aromatic N) is 2. The van der Waals surface area contributed by atoms with E-state index < -0.39 is 0 Å². The molecule has 0 fully saturated rings. The molecule has 0 bridgehead atoms. The fraction of sp³-hybridized carbons (Fsp3) is 0.455. The molecule has 0 aliphatic rings. The Bertz CT molecular complexity index is 398. The summed E-state index contributed by atoms with van der Waals surface area (Å²) in [6.07, 6.45) is 3.59. The summed E-state index contributed by atoms with van der Waals surface area (Å²) in [5, 5.41) is 0. The molecule has 2 rings (SSSR count). The summed E-state index contributed by atoms with van der Waals surface area (Å²) in [6.45, 7) is 6.60. The van der Waals surface area contributed by atoms with E-state index in [9.17, 15) is 0 Å². The van der Waals surface area contributed by atoms with Gasteiger partial charge in [-0.25, -0.2) is 4.98 Å². The van der Waals surface area contributed by atoms with Gasteiger partial charge in [0.1, 0.15) is 5.82 Å². The summed E-state index contributed by atoms with van der Waals surface area (Å²) in [5.74, 6) is 2.12. The Balaban J connectivity index is 2.45. The number of aromatic amines is 1. The van der Waals surface area contributed by atoms with Crippen molar-refractivity contribution in [2.45, 2.75) is 26.7 Å². The zero-order valence-corrected chi connectivity index (χ0v) is 8.78. The molecule has 0 aliphatic heterocycles. The number of hydrogen-bond donors (Lipinski definition) is 1. The highest BCUT2D eigenvalue weighted by Crippen LogP contribution is 2.22. The van der Waals surface area contributed by atoms with Crippen molar-refractivity contribution in [2.75, 3.05) is 0 Å². The summed E-state index contributed by atoms with van der Waals surface area (Å²) in [6, 6.07) is 1.93. The van der Waals surface area contributed by atoms with Gasteiger partial charge in [-0.15, -0.1) is 0 Å². The van der Waals surface area contributed by atoms with Crippen LogP contribution >= 0.6 is 0 Å². The quantitative estimate of drug-likeness (QED) is 0.789. The number of rotatable bonds is 2. The van der Waals surface area contributed by atoms with Gasteiger partial charge in [-0.2, -0.15) is 0 Å². The van der Waals surface area contributed by atoms with Crippen LogP contribution in [-0.4, -0.2) is 15.0 Å². The van der Waals surface area contributed by atoms with Gasteiger partial charge in [0.2, 0.25) is 0 Å². The molecular formula is C11H15N3. The van der Waals surface area contributed by atoms with Gasteiger partial charge < -0.3 is 4.98 Å². The minimum atomic E-state index is 0.461. The van der Waals surface area contributed by atoms with Crippen molar-refractivity contribution < 1.29 is 0 Å². The summed E-state index contributed by atoms with van der Waals surface area (Å²) >= 11 is 0. The lowest BCUT2D eigenvalue weighted by molar-refractivity contribution is 0.515. The zero-order valence-electron chi connectivity index (χ0n) is 8.78. The number of nitrogens with one attached hydrogen (secondary N) is 1. The minimum Gasteiger partial charge on any atom is -0.340 e. The predicted octanol–water partition coefficient (Wildman–Crippen LogP) is 2.72. The third-order valence-electron chi connectivity index (χ3n) is 2.73. The number of pyridine rings is 1. The molecule has 2 heterocycles. The second-order valence-corrected chi connectivity index (χ2v) is 4.05. The standard InChI is InChI=1S/C11H15N3/c1-7(2)8(3)11-13-9-4-5-12-6-10(9)14-11/h4-8H,1-3H3,(H,13,14). The molecule has 2 aromatic rings. The van der Waals surface area contributed by atoms with Crippen molar-refractivity contribution >= 4 is 11.0 Å². The van der Waals surface area contributed by atoms with E-state index >= 15 is 0 Å². The Labute approximate surface area is 83.6 Å². The van der Waals surface area contributed by atoms with Gasteiger partial charge in [0.15, 0.2) is 0 Å². The first-order chi connectivity index (χ1) is 6.68. The number of H-pyrrole nitrogens is 1. The number of fused-ring (bicyclic) bond motifs is 1. The summed E-state index contributed by atoms with van der Waals surface area (Å²) in [7, 11) is 0. The van der Waals surface area contributed by atoms with Gasteiger partial charge in [-0.05, 0) is 12.0 Å². The number of aromatic nitrogens is 3. The maximum Gasteiger partial charge on any atom is 0.110 e. The predicted molar refractivity (Wildman–Crippen MR) is 57.1 cm³/mol. The van der Waals surface area contributed by atoms with Crippen molar-refractivity contribution in [1.29, 1.82) is 0 Å². The van der Waals surface area contributed by atoms with E-state index in [1.807, 2.05) is 12.3 Å². The molecule has 14 heavy (non-hydrogen) atoms. The van der Waals surface area contributed by atoms with E-state index in [0.29, 0.717) is 11.8 Å². The van der Waals surface area contributed by atoms with Crippen LogP contribution in [-0.2, 0) is 0 Å². The Morgan fingerprint density at radius 3 is 2.71 bits per heavy atom. The van der Waals surface area contributed by atoms with Crippen LogP contribution in [0.15, 0.2) is 18.5 Å². The molecule has 74 valence electrons. The third kappa shape index (κ3) is 1.50. The van der Waals surface area contributed by atoms with E-state index in [4.69, 9.17) is 0 Å². The minimum absolute atomic E-state index is 0.461. The van der Waals surface area contributed by atoms with Crippen molar-refractivity contribution in [2.24, 2.45) is 5.92 Å². The van der Waals surface area contributed by atoms with E-state index in [0.717, 1.165) is 16.9 Å². The average molecular weight is 189 g/mol. The van der Waals surface area contributed by atoms with Gasteiger partial charge in [-0.1, -0.05) is 20.8 Å². The largest absolute Gasteiger partial charge is 0.340 e. The first-order valence-electron chi connectivity index (χ1n) is 4.98. The van der Waals surface area contributed by atoms with Crippen molar-refractivity contribution in [3.63, 3.8) is 0 Å². The lowest BCUT2D eigenvalue weighted by Crippen LogP contribution is -2.03. The summed E-state index contributed by atoms with van der Waals surface area (Å²) in [4.78, 5) is 11.9. The Hall–Kier alpha value is -1.38. The maximum atomic E-state index is 4.54. The third-order valence-corrected chi connectivity index (χ3v) is 2.73. The molecule has 1 N–H and O–H groups in total. The molecule has 0 aliphatic carbocycles. The maximum absolute atomic E-state index is 4.54. The van der Waals surface area contributed by atoms with Gasteiger partial charge in [0.25, 0.3) is 0 Å². The van der Waals surface area contributed by atoms with Gasteiger partial charge >= 0.3 is 0 Å². The van der Waals surface area contributed by atoms with Crippen LogP contribution in [0.25, 0.3) is 11.0 Å². The normalized spacial score (nSPS) is 13.7. The van der Waals surface area contributed by atoms with Crippen LogP contribution in [0.5, 0.6) is 0 Å². The second kappa shape index (κ2) is 3.40. The molecule has 3 heteroatoms. The first kappa shape index (κ1) is 9.19. The molecule has 1 atom stereocenters. The highest BCUT2D eigenvalue weighted by Gasteiger charge is 2.13. The SMILES string of the molecule is CC(C)C(C)c1nc2ccncc2[nH]1. The Kier molecular flexibility index (Phi) is 2.23. The molecule has 0 saturated carbocycles. The molecule has 1 unspecified atom stereocenters. The fourth-order valence-electron chi connectivity index (χ4n) is 1.41. The van der Waals surface area contributed by atoms with E-state index in [-0.39, 0.29) is 0 Å². The second-order valence-electron chi connectivity index (χ2n) is 4.05. The molecular weight excluding hydrogens is 174 g/mol. The molecule has 0 radical (unpaired) electrons. The van der Waals surface area contributed by atoms with E-state index in [1.54, 1.807) is 6.20 Å². The van der Waals surface area contributed by atoms with Crippen LogP contribution in [0, 0.1) is 5.92 Å². The molecule has 2 aromatic heterocycles. The van der Waals surface area contributed by atoms with Crippen LogP contribution in [0.2, 0.25) is 0 Å². The van der Waals surface area contributed by atoms with Crippen molar-refractivity contribution in [1.82, 2.24) is 15.0 Å². The molecule has 3 nitrogen and oxygen atoms in total. The molecule has 0 amide bonds. The van der Waals surface area contributed by atoms with Gasteiger partial charge in [0.05, 0.1) is 17.2 Å². The van der Waals surface area contributed by atoms with Crippen LogP contribution in [0.4, 0.5) is 0 Å². The monoisotopic (exact) mass is 189 g/mol. The summed E-state index contributed by atoms with van der Waals surface area (Å²) in [5.41, 5.74) is 2.03. The average Bonchev–Trinajstić information content (AvgIpc) is 2.59. The summed E-state index contributed by atoms with van der Waals surface area (Å²) < 4.78 is 0. The van der Waals surface area contributed by atoms with E-state index in [2.05, 4.69) is 35.7 Å². The van der Waals surface area contributed by atoms with E-state index in [1.165, 1.54) is 0 Å². The first-order valence-corrected chi connectivity index (χ1v) is 4.98. The molecule has 0 aromatic carbocycles. The van der Waals surface area contributed by atoms with Crippen LogP contribution < -0.4 is 0 Å². The molecule has 0 spiro atoms. The fourth-order valence-corrected chi connectivity index (χ4v) is 1.41. The zero-order chi connectivity index (χ0) is 10.1. The van der Waals surface area contributed by atoms with Crippen molar-refractivity contribution in [3.05, 3.63) is 24.3 Å².